The predicted molar refractivity (Wildman–Crippen MR) is 78.3 cm³/mol. The van der Waals surface area contributed by atoms with Gasteiger partial charge in [-0.1, -0.05) is 30.3 Å². The molecule has 0 bridgehead atoms. The first-order valence-corrected chi connectivity index (χ1v) is 7.13. The molecule has 0 aliphatic carbocycles. The molecule has 18 heavy (non-hydrogen) atoms. The number of para-hydroxylation sites is 2. The zero-order chi connectivity index (χ0) is 12.8. The Labute approximate surface area is 112 Å². The Bertz CT molecular complexity index is 513. The van der Waals surface area contributed by atoms with E-state index in [1.54, 1.807) is 11.8 Å². The van der Waals surface area contributed by atoms with Crippen molar-refractivity contribution in [1.29, 1.82) is 0 Å². The van der Waals surface area contributed by atoms with E-state index >= 15 is 0 Å². The monoisotopic (exact) mass is 259 g/mol. The molecule has 0 aromatic heterocycles. The van der Waals surface area contributed by atoms with Crippen LogP contribution in [0.3, 0.4) is 0 Å². The van der Waals surface area contributed by atoms with Crippen molar-refractivity contribution in [2.45, 2.75) is 11.3 Å². The van der Waals surface area contributed by atoms with Crippen LogP contribution in [0.1, 0.15) is 5.56 Å². The fourth-order valence-electron chi connectivity index (χ4n) is 1.77. The van der Waals surface area contributed by atoms with Gasteiger partial charge in [-0.3, -0.25) is 0 Å². The highest BCUT2D eigenvalue weighted by molar-refractivity contribution is 7.98. The molecule has 0 unspecified atom stereocenters. The first-order valence-electron chi connectivity index (χ1n) is 5.90. The van der Waals surface area contributed by atoms with Crippen LogP contribution in [-0.4, -0.2) is 12.9 Å². The highest BCUT2D eigenvalue weighted by Gasteiger charge is 2.02. The van der Waals surface area contributed by atoms with Crippen molar-refractivity contribution in [2.24, 2.45) is 0 Å². The smallest absolute Gasteiger partial charge is 0.132 e. The van der Waals surface area contributed by atoms with Gasteiger partial charge in [0.2, 0.25) is 0 Å². The number of hydrogen-bond donors (Lipinski definition) is 1. The molecule has 0 aliphatic rings. The second-order valence-corrected chi connectivity index (χ2v) is 4.80. The first kappa shape index (κ1) is 12.8. The van der Waals surface area contributed by atoms with Gasteiger partial charge in [0.25, 0.3) is 0 Å². The molecule has 2 rings (SSSR count). The maximum absolute atomic E-state index is 5.90. The topological polar surface area (TPSA) is 35.2 Å². The van der Waals surface area contributed by atoms with Gasteiger partial charge >= 0.3 is 0 Å². The minimum Gasteiger partial charge on any atom is -0.492 e. The standard InChI is InChI=1S/C15H17NOS/c1-18-15-9-5-4-8-14(15)17-11-10-12-6-2-3-7-13(12)16/h2-9H,10-11,16H2,1H3. The maximum Gasteiger partial charge on any atom is 0.132 e. The highest BCUT2D eigenvalue weighted by Crippen LogP contribution is 2.27. The molecule has 2 N–H and O–H groups in total. The van der Waals surface area contributed by atoms with Crippen LogP contribution in [0.4, 0.5) is 5.69 Å². The van der Waals surface area contributed by atoms with Crippen molar-refractivity contribution < 1.29 is 4.74 Å². The number of rotatable bonds is 5. The van der Waals surface area contributed by atoms with Gasteiger partial charge < -0.3 is 10.5 Å². The molecule has 0 saturated carbocycles. The molecule has 2 aromatic carbocycles. The van der Waals surface area contributed by atoms with Crippen molar-refractivity contribution in [3.05, 3.63) is 54.1 Å². The second-order valence-electron chi connectivity index (χ2n) is 3.95. The van der Waals surface area contributed by atoms with Gasteiger partial charge in [0.15, 0.2) is 0 Å². The van der Waals surface area contributed by atoms with Crippen LogP contribution in [0.15, 0.2) is 53.4 Å². The minimum absolute atomic E-state index is 0.645. The van der Waals surface area contributed by atoms with Crippen LogP contribution in [0.25, 0.3) is 0 Å². The molecule has 0 heterocycles. The van der Waals surface area contributed by atoms with Crippen molar-refractivity contribution in [1.82, 2.24) is 0 Å². The van der Waals surface area contributed by atoms with E-state index in [2.05, 4.69) is 12.3 Å². The number of nitrogen functional groups attached to an aromatic ring is 1. The molecule has 2 nitrogen and oxygen atoms in total. The quantitative estimate of drug-likeness (QED) is 0.658. The van der Waals surface area contributed by atoms with Gasteiger partial charge in [0.05, 0.1) is 6.61 Å². The second kappa shape index (κ2) is 6.36. The van der Waals surface area contributed by atoms with E-state index < -0.39 is 0 Å². The van der Waals surface area contributed by atoms with Gasteiger partial charge in [-0.25, -0.2) is 0 Å². The number of ether oxygens (including phenoxy) is 1. The lowest BCUT2D eigenvalue weighted by molar-refractivity contribution is 0.315. The zero-order valence-electron chi connectivity index (χ0n) is 10.4. The molecule has 0 fully saturated rings. The van der Waals surface area contributed by atoms with E-state index in [0.29, 0.717) is 6.61 Å². The summed E-state index contributed by atoms with van der Waals surface area (Å²) in [5.41, 5.74) is 7.87. The third-order valence-corrected chi connectivity index (χ3v) is 3.53. The van der Waals surface area contributed by atoms with Crippen LogP contribution in [0.5, 0.6) is 5.75 Å². The molecular formula is C15H17NOS. The van der Waals surface area contributed by atoms with Crippen LogP contribution in [-0.2, 0) is 6.42 Å². The molecule has 2 aromatic rings. The van der Waals surface area contributed by atoms with Crippen LogP contribution in [0, 0.1) is 0 Å². The van der Waals surface area contributed by atoms with E-state index in [1.807, 2.05) is 42.5 Å². The Morgan fingerprint density at radius 1 is 1.06 bits per heavy atom. The number of benzene rings is 2. The highest BCUT2D eigenvalue weighted by atomic mass is 32.2. The summed E-state index contributed by atoms with van der Waals surface area (Å²) >= 11 is 1.70. The average molecular weight is 259 g/mol. The third kappa shape index (κ3) is 3.20. The van der Waals surface area contributed by atoms with E-state index in [4.69, 9.17) is 10.5 Å². The zero-order valence-corrected chi connectivity index (χ0v) is 11.2. The average Bonchev–Trinajstić information content (AvgIpc) is 2.41. The van der Waals surface area contributed by atoms with Crippen molar-refractivity contribution in [3.8, 4) is 5.75 Å². The summed E-state index contributed by atoms with van der Waals surface area (Å²) in [6, 6.07) is 16.0. The van der Waals surface area contributed by atoms with E-state index in [1.165, 1.54) is 4.90 Å². The molecule has 0 amide bonds. The molecule has 0 radical (unpaired) electrons. The number of anilines is 1. The fraction of sp³-hybridized carbons (Fsp3) is 0.200. The van der Waals surface area contributed by atoms with Gasteiger partial charge in [-0.2, -0.15) is 0 Å². The third-order valence-electron chi connectivity index (χ3n) is 2.75. The van der Waals surface area contributed by atoms with E-state index in [9.17, 15) is 0 Å². The van der Waals surface area contributed by atoms with Crippen LogP contribution < -0.4 is 10.5 Å². The van der Waals surface area contributed by atoms with Crippen molar-refractivity contribution in [3.63, 3.8) is 0 Å². The fourth-order valence-corrected chi connectivity index (χ4v) is 2.31. The molecule has 0 spiro atoms. The van der Waals surface area contributed by atoms with Gasteiger partial charge in [-0.05, 0) is 30.0 Å². The van der Waals surface area contributed by atoms with E-state index in [-0.39, 0.29) is 0 Å². The Morgan fingerprint density at radius 2 is 1.78 bits per heavy atom. The molecule has 94 valence electrons. The summed E-state index contributed by atoms with van der Waals surface area (Å²) in [7, 11) is 0. The Hall–Kier alpha value is -1.61. The van der Waals surface area contributed by atoms with Crippen LogP contribution >= 0.6 is 11.8 Å². The minimum atomic E-state index is 0.645. The number of hydrogen-bond acceptors (Lipinski definition) is 3. The predicted octanol–water partition coefficient (Wildman–Crippen LogP) is 3.61. The summed E-state index contributed by atoms with van der Waals surface area (Å²) in [5, 5.41) is 0. The molecular weight excluding hydrogens is 242 g/mol. The maximum atomic E-state index is 5.90. The van der Waals surface area contributed by atoms with Gasteiger partial charge in [-0.15, -0.1) is 11.8 Å². The Morgan fingerprint density at radius 3 is 2.56 bits per heavy atom. The van der Waals surface area contributed by atoms with Gasteiger partial charge in [0, 0.05) is 17.0 Å². The summed E-state index contributed by atoms with van der Waals surface area (Å²) in [5.74, 6) is 0.944. The largest absolute Gasteiger partial charge is 0.492 e. The normalized spacial score (nSPS) is 10.3. The molecule has 0 aliphatic heterocycles. The summed E-state index contributed by atoms with van der Waals surface area (Å²) < 4.78 is 5.81. The van der Waals surface area contributed by atoms with E-state index in [0.717, 1.165) is 23.4 Å². The Kier molecular flexibility index (Phi) is 4.53. The molecule has 0 saturated heterocycles. The lowest BCUT2D eigenvalue weighted by Gasteiger charge is -2.10. The van der Waals surface area contributed by atoms with Crippen molar-refractivity contribution >= 4 is 17.4 Å². The summed E-state index contributed by atoms with van der Waals surface area (Å²) in [6.07, 6.45) is 2.88. The lowest BCUT2D eigenvalue weighted by Crippen LogP contribution is -2.04. The van der Waals surface area contributed by atoms with Crippen molar-refractivity contribution in [2.75, 3.05) is 18.6 Å². The first-order chi connectivity index (χ1) is 8.81. The Balaban J connectivity index is 1.95. The molecule has 0 atom stereocenters. The van der Waals surface area contributed by atoms with Gasteiger partial charge in [0.1, 0.15) is 5.75 Å². The number of nitrogens with two attached hydrogens (primary N) is 1. The SMILES string of the molecule is CSc1ccccc1OCCc1ccccc1N. The summed E-state index contributed by atoms with van der Waals surface area (Å²) in [6.45, 7) is 0.645. The lowest BCUT2D eigenvalue weighted by atomic mass is 10.1. The summed E-state index contributed by atoms with van der Waals surface area (Å²) in [4.78, 5) is 1.17. The number of thioether (sulfide) groups is 1. The molecule has 3 heteroatoms. The van der Waals surface area contributed by atoms with Crippen LogP contribution in [0.2, 0.25) is 0 Å².